The second kappa shape index (κ2) is 89.8. The van der Waals surface area contributed by atoms with Crippen molar-refractivity contribution < 1.29 is 80.2 Å². The number of hydrogen-bond donors (Lipinski definition) is 3. The molecule has 0 bridgehead atoms. The fourth-order valence-corrected chi connectivity index (χ4v) is 16.9. The Bertz CT molecular complexity index is 2160. The maximum absolute atomic E-state index is 13.2. The van der Waals surface area contributed by atoms with Crippen molar-refractivity contribution in [3.05, 3.63) is 0 Å². The van der Waals surface area contributed by atoms with Gasteiger partial charge in [0.15, 0.2) is 12.2 Å². The molecule has 0 aromatic carbocycles. The van der Waals surface area contributed by atoms with Crippen LogP contribution in [0.15, 0.2) is 0 Å². The summed E-state index contributed by atoms with van der Waals surface area (Å²) in [6.45, 7) is 5.10. The molecule has 0 saturated heterocycles. The zero-order valence-corrected chi connectivity index (χ0v) is 77.6. The van der Waals surface area contributed by atoms with Crippen molar-refractivity contribution in [1.82, 2.24) is 0 Å². The molecule has 0 fully saturated rings. The van der Waals surface area contributed by atoms with E-state index in [0.29, 0.717) is 25.7 Å². The summed E-state index contributed by atoms with van der Waals surface area (Å²) in [4.78, 5) is 73.5. The number of aliphatic hydroxyl groups excluding tert-OH is 1. The molecule has 0 aliphatic heterocycles. The number of rotatable bonds is 97. The van der Waals surface area contributed by atoms with E-state index >= 15 is 0 Å². The second-order valence-electron chi connectivity index (χ2n) is 34.5. The summed E-state index contributed by atoms with van der Waals surface area (Å²) >= 11 is 0. The lowest BCUT2D eigenvalue weighted by Gasteiger charge is -2.21. The van der Waals surface area contributed by atoms with Gasteiger partial charge in [-0.25, -0.2) is 9.13 Å². The van der Waals surface area contributed by atoms with Crippen molar-refractivity contribution >= 4 is 39.5 Å². The van der Waals surface area contributed by atoms with E-state index < -0.39 is 97.5 Å². The summed E-state index contributed by atoms with van der Waals surface area (Å²) in [5.74, 6) is -2.09. The number of unbranched alkanes of at least 4 members (excludes halogenated alkanes) is 71. The van der Waals surface area contributed by atoms with E-state index in [2.05, 4.69) is 27.7 Å². The SMILES string of the molecule is CCCCCCCCCCCCCCCCCCCCCCCCC(=O)OC[C@H](COP(=O)(O)OC[C@@H](O)COP(=O)(O)OC[C@@H](COC(=O)CCCCCCCCCCCC)OC(=O)CCCCCCCCCCCCCCCCCCCCCCC)OC(=O)CCCCCCCCCCCCCCCCCCCCCCCC. The van der Waals surface area contributed by atoms with Gasteiger partial charge in [-0.05, 0) is 25.7 Å². The van der Waals surface area contributed by atoms with E-state index in [9.17, 15) is 43.2 Å². The van der Waals surface area contributed by atoms with E-state index in [1.165, 1.54) is 366 Å². The van der Waals surface area contributed by atoms with Gasteiger partial charge in [0.2, 0.25) is 0 Å². The van der Waals surface area contributed by atoms with Gasteiger partial charge in [0.1, 0.15) is 19.3 Å². The summed E-state index contributed by atoms with van der Waals surface area (Å²) in [7, 11) is -9.94. The van der Waals surface area contributed by atoms with Crippen molar-refractivity contribution in [3.63, 3.8) is 0 Å². The van der Waals surface area contributed by atoms with Crippen molar-refractivity contribution in [2.24, 2.45) is 0 Å². The lowest BCUT2D eigenvalue weighted by molar-refractivity contribution is -0.161. The second-order valence-corrected chi connectivity index (χ2v) is 37.4. The Morgan fingerprint density at radius 3 is 0.513 bits per heavy atom. The number of esters is 4. The Balaban J connectivity index is 5.19. The topological polar surface area (TPSA) is 237 Å². The molecule has 0 aromatic rings. The lowest BCUT2D eigenvalue weighted by Crippen LogP contribution is -2.30. The van der Waals surface area contributed by atoms with Crippen LogP contribution in [0.3, 0.4) is 0 Å². The molecule has 0 heterocycles. The molecule has 0 rings (SSSR count). The molecule has 0 radical (unpaired) electrons. The zero-order valence-electron chi connectivity index (χ0n) is 75.8. The van der Waals surface area contributed by atoms with E-state index in [1.807, 2.05) is 0 Å². The average molecular weight is 1680 g/mol. The van der Waals surface area contributed by atoms with E-state index in [-0.39, 0.29) is 25.7 Å². The smallest absolute Gasteiger partial charge is 0.462 e. The monoisotopic (exact) mass is 1680 g/mol. The quantitative estimate of drug-likeness (QED) is 0.0222. The minimum atomic E-state index is -4.97. The van der Waals surface area contributed by atoms with Crippen LogP contribution in [0.4, 0.5) is 0 Å². The predicted octanol–water partition coefficient (Wildman–Crippen LogP) is 30.4. The van der Waals surface area contributed by atoms with Crippen molar-refractivity contribution in [2.45, 2.75) is 553 Å². The molecule has 19 heteroatoms. The van der Waals surface area contributed by atoms with E-state index in [1.54, 1.807) is 0 Å². The molecule has 17 nitrogen and oxygen atoms in total. The first-order valence-electron chi connectivity index (χ1n) is 49.8. The highest BCUT2D eigenvalue weighted by molar-refractivity contribution is 7.47. The first-order chi connectivity index (χ1) is 56.2. The highest BCUT2D eigenvalue weighted by Crippen LogP contribution is 2.45. The number of carbonyl (C=O) groups excluding carboxylic acids is 4. The average Bonchev–Trinajstić information content (AvgIpc) is 0.898. The maximum atomic E-state index is 13.2. The molecule has 5 atom stereocenters. The van der Waals surface area contributed by atoms with Crippen LogP contribution in [0.1, 0.15) is 535 Å². The first-order valence-corrected chi connectivity index (χ1v) is 52.8. The summed E-state index contributed by atoms with van der Waals surface area (Å²) in [5.41, 5.74) is 0. The minimum absolute atomic E-state index is 0.110. The van der Waals surface area contributed by atoms with E-state index in [0.717, 1.165) is 89.9 Å². The van der Waals surface area contributed by atoms with Crippen LogP contribution in [0.5, 0.6) is 0 Å². The molecule has 2 unspecified atom stereocenters. The molecule has 0 saturated carbocycles. The van der Waals surface area contributed by atoms with Crippen LogP contribution < -0.4 is 0 Å². The van der Waals surface area contributed by atoms with Gasteiger partial charge in [0.05, 0.1) is 26.4 Å². The van der Waals surface area contributed by atoms with Crippen LogP contribution in [0.2, 0.25) is 0 Å². The number of ether oxygens (including phenoxy) is 4. The minimum Gasteiger partial charge on any atom is -0.462 e. The highest BCUT2D eigenvalue weighted by Gasteiger charge is 2.31. The standard InChI is InChI=1S/C96H188O17P2/c1-5-9-13-17-21-25-29-32-35-38-41-44-47-49-52-55-58-61-65-69-73-77-81-94(99)107-87-92(113-96(101)83-79-75-71-67-63-60-57-54-51-48-45-42-39-36-33-30-26-22-18-14-10-6-2)89-111-115(104,105)109-85-90(97)84-108-114(102,103)110-88-91(86-106-93(98)80-76-72-68-64-28-24-20-16-12-8-4)112-95(100)82-78-74-70-66-62-59-56-53-50-46-43-40-37-34-31-27-23-19-15-11-7-3/h90-92,97H,5-89H2,1-4H3,(H,102,103)(H,104,105)/t90-,91+,92+/m0/s1. The fraction of sp³-hybridized carbons (Fsp3) is 0.958. The van der Waals surface area contributed by atoms with Crippen LogP contribution in [0.25, 0.3) is 0 Å². The number of phosphoric acid groups is 2. The van der Waals surface area contributed by atoms with Gasteiger partial charge < -0.3 is 33.8 Å². The number of phosphoric ester groups is 2. The largest absolute Gasteiger partial charge is 0.472 e. The van der Waals surface area contributed by atoms with Crippen molar-refractivity contribution in [1.29, 1.82) is 0 Å². The van der Waals surface area contributed by atoms with Crippen LogP contribution in [-0.2, 0) is 65.4 Å². The molecule has 0 aromatic heterocycles. The molecular formula is C96H188O17P2. The normalized spacial score (nSPS) is 13.6. The fourth-order valence-electron chi connectivity index (χ4n) is 15.3. The molecule has 0 spiro atoms. The van der Waals surface area contributed by atoms with Crippen molar-refractivity contribution in [3.8, 4) is 0 Å². The molecule has 0 amide bonds. The first kappa shape index (κ1) is 113. The third-order valence-electron chi connectivity index (χ3n) is 22.9. The molecule has 0 aliphatic rings. The number of carbonyl (C=O) groups is 4. The highest BCUT2D eigenvalue weighted by atomic mass is 31.2. The molecule has 115 heavy (non-hydrogen) atoms. The van der Waals surface area contributed by atoms with Crippen LogP contribution in [0, 0.1) is 0 Å². The van der Waals surface area contributed by atoms with Gasteiger partial charge in [-0.3, -0.25) is 37.3 Å². The predicted molar refractivity (Wildman–Crippen MR) is 479 cm³/mol. The van der Waals surface area contributed by atoms with Gasteiger partial charge in [-0.2, -0.15) is 0 Å². The zero-order chi connectivity index (χ0) is 83.8. The van der Waals surface area contributed by atoms with Gasteiger partial charge in [0, 0.05) is 25.7 Å². The molecule has 684 valence electrons. The van der Waals surface area contributed by atoms with Gasteiger partial charge >= 0.3 is 39.5 Å². The molecule has 0 aliphatic carbocycles. The third kappa shape index (κ3) is 89.6. The van der Waals surface area contributed by atoms with Crippen LogP contribution in [-0.4, -0.2) is 96.7 Å². The molecule has 3 N–H and O–H groups in total. The summed E-state index contributed by atoms with van der Waals surface area (Å²) in [5, 5.41) is 10.7. The van der Waals surface area contributed by atoms with E-state index in [4.69, 9.17) is 37.0 Å². The van der Waals surface area contributed by atoms with Crippen LogP contribution >= 0.6 is 15.6 Å². The van der Waals surface area contributed by atoms with Gasteiger partial charge in [-0.15, -0.1) is 0 Å². The Labute approximate surface area is 708 Å². The number of hydrogen-bond acceptors (Lipinski definition) is 15. The van der Waals surface area contributed by atoms with Gasteiger partial charge in [0.25, 0.3) is 0 Å². The maximum Gasteiger partial charge on any atom is 0.472 e. The summed E-state index contributed by atoms with van der Waals surface area (Å²) in [6.07, 6.45) is 89.3. The summed E-state index contributed by atoms with van der Waals surface area (Å²) < 4.78 is 69.2. The Kier molecular flexibility index (Phi) is 88.3. The third-order valence-corrected chi connectivity index (χ3v) is 24.8. The van der Waals surface area contributed by atoms with Crippen molar-refractivity contribution in [2.75, 3.05) is 39.6 Å². The Morgan fingerprint density at radius 1 is 0.209 bits per heavy atom. The summed E-state index contributed by atoms with van der Waals surface area (Å²) in [6, 6.07) is 0. The number of aliphatic hydroxyl groups is 1. The Hall–Kier alpha value is -1.94. The van der Waals surface area contributed by atoms with Gasteiger partial charge in [-0.1, -0.05) is 484 Å². The lowest BCUT2D eigenvalue weighted by atomic mass is 10.0. The Morgan fingerprint density at radius 2 is 0.348 bits per heavy atom. The molecular weight excluding hydrogens is 1490 g/mol.